The summed E-state index contributed by atoms with van der Waals surface area (Å²) in [4.78, 5) is 164. The molecule has 0 aliphatic rings. The van der Waals surface area contributed by atoms with Gasteiger partial charge in [0.05, 0.1) is 30.7 Å². The van der Waals surface area contributed by atoms with Gasteiger partial charge >= 0.3 is 0 Å². The van der Waals surface area contributed by atoms with Crippen LogP contribution in [0.25, 0.3) is 0 Å². The minimum atomic E-state index is -3.05. The summed E-state index contributed by atoms with van der Waals surface area (Å²) in [5.41, 5.74) is 10.6. The van der Waals surface area contributed by atoms with E-state index in [1.165, 1.54) is 91.7 Å². The molecule has 0 aliphatic carbocycles. The Balaban J connectivity index is 7.35. The molecule has 1 radical (unpaired) electrons. The number of Topliss-reactive ketones (excluding diaryl/α,β-unsaturated/α-hetero) is 3. The Labute approximate surface area is 509 Å². The number of amides is 7. The molecule has 0 saturated carbocycles. The summed E-state index contributed by atoms with van der Waals surface area (Å²) < 4.78 is 0. The highest BCUT2D eigenvalue weighted by atomic mass is 16.3. The number of aliphatic hydroxyl groups is 1. The zero-order chi connectivity index (χ0) is 66.7. The fourth-order valence-electron chi connectivity index (χ4n) is 10.8. The van der Waals surface area contributed by atoms with Crippen molar-refractivity contribution in [1.82, 2.24) is 40.0 Å². The van der Waals surface area contributed by atoms with Gasteiger partial charge in [-0.2, -0.15) is 0 Å². The predicted molar refractivity (Wildman–Crippen MR) is 330 cm³/mol. The van der Waals surface area contributed by atoms with E-state index in [1.54, 1.807) is 40.9 Å². The zero-order valence-electron chi connectivity index (χ0n) is 56.0. The summed E-state index contributed by atoms with van der Waals surface area (Å²) >= 11 is 0. The molecule has 9 N–H and O–H groups in total. The number of nitrogens with zero attached hydrogens (tertiary/aromatic N) is 6. The number of rotatable bonds is 38. The van der Waals surface area contributed by atoms with Crippen LogP contribution in [0.1, 0.15) is 162 Å². The van der Waals surface area contributed by atoms with Crippen LogP contribution < -0.4 is 27.8 Å². The quantitative estimate of drug-likeness (QED) is 0.0294. The van der Waals surface area contributed by atoms with Gasteiger partial charge in [-0.3, -0.25) is 57.6 Å². The van der Waals surface area contributed by atoms with E-state index >= 15 is 4.79 Å². The van der Waals surface area contributed by atoms with Crippen molar-refractivity contribution in [2.24, 2.45) is 52.2 Å². The van der Waals surface area contributed by atoms with Crippen molar-refractivity contribution < 1.29 is 57.8 Å². The normalized spacial score (nSPS) is 16.8. The number of hydrogen-bond donors (Lipinski definition) is 6. The van der Waals surface area contributed by atoms with Crippen LogP contribution >= 0.6 is 0 Å². The van der Waals surface area contributed by atoms with Crippen molar-refractivity contribution >= 4 is 65.0 Å². The average Bonchev–Trinajstić information content (AvgIpc) is 0.938. The summed E-state index contributed by atoms with van der Waals surface area (Å²) in [5.74, 6) is -8.91. The largest absolute Gasteiger partial charge is 0.378 e. The van der Waals surface area contributed by atoms with E-state index in [0.29, 0.717) is 12.8 Å². The van der Waals surface area contributed by atoms with Crippen molar-refractivity contribution in [3.8, 4) is 0 Å². The van der Waals surface area contributed by atoms with Crippen LogP contribution in [0.15, 0.2) is 12.2 Å². The summed E-state index contributed by atoms with van der Waals surface area (Å²) in [6, 6.07) is -10.5. The first-order chi connectivity index (χ1) is 39.0. The standard InChI is InChI=1S/C62H112N11O12/c1-24-26-27-28-29-44(65)48(75)33-60(15,16)62(85,52(77)43(64)25-2)61(35-74,68(17)18)53(78)50(39(9)10)67-55(80)45(30-36(3)4)70(20)49(76)34-69(19)59(84)51(40(11)12)73(23)58(83)47(32-38(7)8)72(22)57(82)46(31-37(5)6)71(21)56(81)42(14)66-54(79)41(13)63/h24,26,36-47,50-51,85H,25,27-34,63-65H2,1-23H3,(H,66,79)(H,67,80)/t41-,42+,43?,44?,45-,46-,47-,50-,51-,61-,62?/m0/s1. The highest BCUT2D eigenvalue weighted by molar-refractivity contribution is 6.15. The van der Waals surface area contributed by atoms with Gasteiger partial charge < -0.3 is 57.4 Å². The minimum absolute atomic E-state index is 0.0244. The molecule has 3 unspecified atom stereocenters. The van der Waals surface area contributed by atoms with E-state index in [-0.39, 0.29) is 49.9 Å². The monoisotopic (exact) mass is 1200 g/mol. The summed E-state index contributed by atoms with van der Waals surface area (Å²) in [6.07, 6.45) is 6.91. The van der Waals surface area contributed by atoms with E-state index < -0.39 is 154 Å². The van der Waals surface area contributed by atoms with E-state index in [0.717, 1.165) is 14.7 Å². The molecule has 0 aromatic carbocycles. The van der Waals surface area contributed by atoms with Crippen molar-refractivity contribution in [2.45, 2.75) is 228 Å². The van der Waals surface area contributed by atoms with Gasteiger partial charge in [0, 0.05) is 47.1 Å². The highest BCUT2D eigenvalue weighted by Gasteiger charge is 2.70. The Bertz CT molecular complexity index is 2320. The Kier molecular flexibility index (Phi) is 32.5. The van der Waals surface area contributed by atoms with Crippen molar-refractivity contribution in [3.63, 3.8) is 0 Å². The van der Waals surface area contributed by atoms with Gasteiger partial charge in [-0.1, -0.05) is 102 Å². The highest BCUT2D eigenvalue weighted by Crippen LogP contribution is 2.47. The zero-order valence-corrected chi connectivity index (χ0v) is 56.0. The number of allylic oxidation sites excluding steroid dienone is 2. The van der Waals surface area contributed by atoms with Crippen LogP contribution in [0.2, 0.25) is 0 Å². The second-order valence-corrected chi connectivity index (χ2v) is 26.2. The molecule has 23 nitrogen and oxygen atoms in total. The Morgan fingerprint density at radius 2 is 1.07 bits per heavy atom. The second-order valence-electron chi connectivity index (χ2n) is 26.2. The Morgan fingerprint density at radius 1 is 0.600 bits per heavy atom. The summed E-state index contributed by atoms with van der Waals surface area (Å²) in [7, 11) is 9.72. The molecule has 0 aliphatic heterocycles. The van der Waals surface area contributed by atoms with Crippen LogP contribution in [0, 0.1) is 35.0 Å². The van der Waals surface area contributed by atoms with Crippen LogP contribution in [0.4, 0.5) is 0 Å². The molecule has 487 valence electrons. The number of carbonyl (C=O) groups is 10. The molecule has 11 atom stereocenters. The van der Waals surface area contributed by atoms with Gasteiger partial charge in [-0.25, -0.2) is 0 Å². The molecule has 23 heteroatoms. The number of unbranched alkanes of at least 4 members (excludes halogenated alkanes) is 1. The van der Waals surface area contributed by atoms with Gasteiger partial charge in [0.2, 0.25) is 47.6 Å². The summed E-state index contributed by atoms with van der Waals surface area (Å²) in [5, 5.41) is 18.5. The van der Waals surface area contributed by atoms with Gasteiger partial charge in [0.25, 0.3) is 0 Å². The molecule has 7 amide bonds. The number of nitrogens with one attached hydrogen (secondary N) is 2. The minimum Gasteiger partial charge on any atom is -0.378 e. The lowest BCUT2D eigenvalue weighted by Gasteiger charge is -2.54. The van der Waals surface area contributed by atoms with E-state index in [9.17, 15) is 53.1 Å². The smallest absolute Gasteiger partial charge is 0.245 e. The van der Waals surface area contributed by atoms with E-state index in [4.69, 9.17) is 17.2 Å². The topological polar surface area (TPSA) is 330 Å². The second kappa shape index (κ2) is 34.7. The molecule has 0 spiro atoms. The predicted octanol–water partition coefficient (Wildman–Crippen LogP) is 2.62. The van der Waals surface area contributed by atoms with Crippen molar-refractivity contribution in [1.29, 1.82) is 0 Å². The first-order valence-corrected chi connectivity index (χ1v) is 30.2. The first-order valence-electron chi connectivity index (χ1n) is 30.2. The Morgan fingerprint density at radius 3 is 1.48 bits per heavy atom. The molecule has 0 bridgehead atoms. The number of hydrogen-bond acceptors (Lipinski definition) is 16. The third kappa shape index (κ3) is 20.3. The average molecular weight is 1200 g/mol. The maximum absolute atomic E-state index is 15.5. The van der Waals surface area contributed by atoms with Crippen LogP contribution in [0.5, 0.6) is 0 Å². The fourth-order valence-corrected chi connectivity index (χ4v) is 10.8. The fraction of sp³-hybridized carbons (Fsp3) is 0.790. The molecule has 0 rings (SSSR count). The first kappa shape index (κ1) is 79.5. The number of likely N-dealkylation sites (N-methyl/N-ethyl adjacent to an activating group) is 6. The van der Waals surface area contributed by atoms with Crippen LogP contribution in [-0.2, 0) is 52.7 Å². The van der Waals surface area contributed by atoms with Crippen molar-refractivity contribution in [3.05, 3.63) is 12.2 Å². The maximum atomic E-state index is 15.5. The van der Waals surface area contributed by atoms with E-state index in [1.807, 2.05) is 60.6 Å². The Hall–Kier alpha value is -5.49. The number of nitrogens with two attached hydrogens (primary N) is 3. The molecule has 85 heavy (non-hydrogen) atoms. The molecule has 0 heterocycles. The van der Waals surface area contributed by atoms with E-state index in [2.05, 4.69) is 10.6 Å². The van der Waals surface area contributed by atoms with Crippen molar-refractivity contribution in [2.75, 3.05) is 55.9 Å². The third-order valence-electron chi connectivity index (χ3n) is 16.2. The van der Waals surface area contributed by atoms with Crippen LogP contribution in [0.3, 0.4) is 0 Å². The molecule has 0 aromatic heterocycles. The lowest BCUT2D eigenvalue weighted by atomic mass is 9.56. The van der Waals surface area contributed by atoms with Crippen LogP contribution in [-0.4, -0.2) is 221 Å². The number of ketones is 3. The SMILES string of the molecule is CC=CCCCC(N)C(=O)CC(C)(C)C(O)(C(=O)C(N)CC)[C@]([C]=O)(C(=O)[C@@H](NC(=O)[C@H](CC(C)C)N(C)C(=O)CN(C)C(=O)[C@H](C(C)C)N(C)C(=O)[C@H](CC(C)C)N(C)C(=O)[C@H](CC(C)C)N(C)C(=O)[C@@H](C)NC(=O)[C@H](C)N)C(C)C)N(C)C. The third-order valence-corrected chi connectivity index (χ3v) is 16.2. The molecule has 0 fully saturated rings. The van der Waals surface area contributed by atoms with Gasteiger partial charge in [-0.15, -0.1) is 0 Å². The molecular formula is C62H112N11O12. The summed E-state index contributed by atoms with van der Waals surface area (Å²) in [6.45, 7) is 26.4. The maximum Gasteiger partial charge on any atom is 0.245 e. The van der Waals surface area contributed by atoms with Gasteiger partial charge in [-0.05, 0) is 109 Å². The molecular weight excluding hydrogens is 1090 g/mol. The lowest BCUT2D eigenvalue weighted by Crippen LogP contribution is -2.80. The molecule has 0 aromatic rings. The van der Waals surface area contributed by atoms with Gasteiger partial charge in [0.15, 0.2) is 22.7 Å². The lowest BCUT2D eigenvalue weighted by molar-refractivity contribution is -0.182. The number of carbonyl (C=O) groups excluding carboxylic acids is 11. The van der Waals surface area contributed by atoms with Gasteiger partial charge in [0.1, 0.15) is 36.0 Å². The molecule has 0 saturated heterocycles.